The summed E-state index contributed by atoms with van der Waals surface area (Å²) in [6, 6.07) is 6.02. The SMILES string of the molecule is COc1ccc2c(c1)N1C(=O)C[C@H]3OCC=C4CN5CC[C@@]26[C@@H]1C3[C@@H]4C[C@]56O. The molecule has 1 aromatic rings. The van der Waals surface area contributed by atoms with Crippen LogP contribution in [0.25, 0.3) is 0 Å². The number of anilines is 1. The summed E-state index contributed by atoms with van der Waals surface area (Å²) in [7, 11) is 1.66. The molecule has 7 rings (SSSR count). The fraction of sp³-hybridized carbons (Fsp3) is 0.591. The number of carbonyl (C=O) groups excluding carboxylic acids is 1. The summed E-state index contributed by atoms with van der Waals surface area (Å²) < 4.78 is 11.7. The number of methoxy groups -OCH3 is 1. The van der Waals surface area contributed by atoms with E-state index in [0.29, 0.717) is 13.0 Å². The molecule has 6 atom stereocenters. The fourth-order valence-corrected chi connectivity index (χ4v) is 7.68. The molecule has 1 aliphatic carbocycles. The van der Waals surface area contributed by atoms with Gasteiger partial charge in [0, 0.05) is 25.1 Å². The van der Waals surface area contributed by atoms with E-state index in [-0.39, 0.29) is 29.9 Å². The summed E-state index contributed by atoms with van der Waals surface area (Å²) in [5, 5.41) is 12.2. The van der Waals surface area contributed by atoms with Crippen molar-refractivity contribution in [1.82, 2.24) is 4.90 Å². The number of rotatable bonds is 1. The van der Waals surface area contributed by atoms with Crippen LogP contribution in [0.4, 0.5) is 5.69 Å². The van der Waals surface area contributed by atoms with Gasteiger partial charge < -0.3 is 19.5 Å². The number of carbonyl (C=O) groups is 1. The summed E-state index contributed by atoms with van der Waals surface area (Å²) in [5.41, 5.74) is 2.11. The predicted molar refractivity (Wildman–Crippen MR) is 101 cm³/mol. The zero-order chi connectivity index (χ0) is 18.8. The van der Waals surface area contributed by atoms with Crippen molar-refractivity contribution in [2.45, 2.75) is 42.5 Å². The van der Waals surface area contributed by atoms with Crippen molar-refractivity contribution in [3.63, 3.8) is 0 Å². The van der Waals surface area contributed by atoms with E-state index in [4.69, 9.17) is 9.47 Å². The second-order valence-electron chi connectivity index (χ2n) is 9.29. The number of aliphatic hydroxyl groups is 1. The lowest BCUT2D eigenvalue weighted by Crippen LogP contribution is -2.74. The van der Waals surface area contributed by atoms with Gasteiger partial charge in [0.15, 0.2) is 0 Å². The first kappa shape index (κ1) is 16.0. The van der Waals surface area contributed by atoms with Gasteiger partial charge in [-0.1, -0.05) is 17.7 Å². The van der Waals surface area contributed by atoms with Gasteiger partial charge in [-0.15, -0.1) is 0 Å². The Morgan fingerprint density at radius 3 is 3.11 bits per heavy atom. The molecule has 1 spiro atoms. The van der Waals surface area contributed by atoms with E-state index < -0.39 is 11.1 Å². The van der Waals surface area contributed by atoms with Gasteiger partial charge in [-0.2, -0.15) is 0 Å². The van der Waals surface area contributed by atoms with Gasteiger partial charge in [0.25, 0.3) is 0 Å². The number of amides is 1. The third kappa shape index (κ3) is 1.49. The molecule has 6 aliphatic rings. The number of hydrogen-bond acceptors (Lipinski definition) is 5. The van der Waals surface area contributed by atoms with E-state index in [1.807, 2.05) is 17.0 Å². The Morgan fingerprint density at radius 1 is 1.36 bits per heavy atom. The molecule has 1 N–H and O–H groups in total. The maximum absolute atomic E-state index is 13.4. The van der Waals surface area contributed by atoms with E-state index in [1.165, 1.54) is 5.57 Å². The van der Waals surface area contributed by atoms with Gasteiger partial charge in [0.2, 0.25) is 5.91 Å². The third-order valence-electron chi connectivity index (χ3n) is 8.65. The Labute approximate surface area is 163 Å². The van der Waals surface area contributed by atoms with Gasteiger partial charge in [-0.3, -0.25) is 9.69 Å². The second-order valence-corrected chi connectivity index (χ2v) is 9.29. The lowest BCUT2D eigenvalue weighted by molar-refractivity contribution is -0.197. The first-order chi connectivity index (χ1) is 13.6. The highest BCUT2D eigenvalue weighted by Crippen LogP contribution is 2.69. The Morgan fingerprint density at radius 2 is 2.25 bits per heavy atom. The largest absolute Gasteiger partial charge is 0.497 e. The molecule has 6 heteroatoms. The lowest BCUT2D eigenvalue weighted by atomic mass is 9.52. The minimum atomic E-state index is -0.902. The average Bonchev–Trinajstić information content (AvgIpc) is 3.11. The van der Waals surface area contributed by atoms with Crippen molar-refractivity contribution in [3.8, 4) is 5.75 Å². The summed E-state index contributed by atoms with van der Waals surface area (Å²) in [4.78, 5) is 17.6. The van der Waals surface area contributed by atoms with E-state index >= 15 is 0 Å². The smallest absolute Gasteiger partial charge is 0.229 e. The third-order valence-corrected chi connectivity index (χ3v) is 8.65. The molecule has 1 amide bonds. The number of benzene rings is 1. The van der Waals surface area contributed by atoms with Crippen LogP contribution in [-0.4, -0.2) is 60.6 Å². The predicted octanol–water partition coefficient (Wildman–Crippen LogP) is 1.42. The summed E-state index contributed by atoms with van der Waals surface area (Å²) in [6.45, 7) is 2.26. The van der Waals surface area contributed by atoms with Crippen molar-refractivity contribution >= 4 is 11.6 Å². The minimum Gasteiger partial charge on any atom is -0.497 e. The zero-order valence-corrected chi connectivity index (χ0v) is 15.9. The quantitative estimate of drug-likeness (QED) is 0.747. The zero-order valence-electron chi connectivity index (χ0n) is 15.9. The summed E-state index contributed by atoms with van der Waals surface area (Å²) in [6.07, 6.45) is 4.20. The molecule has 146 valence electrons. The van der Waals surface area contributed by atoms with Crippen LogP contribution in [-0.2, 0) is 14.9 Å². The molecule has 28 heavy (non-hydrogen) atoms. The molecule has 6 nitrogen and oxygen atoms in total. The van der Waals surface area contributed by atoms with Crippen LogP contribution in [0.1, 0.15) is 24.8 Å². The molecule has 1 unspecified atom stereocenters. The minimum absolute atomic E-state index is 0.0450. The number of hydrogen-bond donors (Lipinski definition) is 1. The highest BCUT2D eigenvalue weighted by molar-refractivity contribution is 5.99. The first-order valence-electron chi connectivity index (χ1n) is 10.4. The molecule has 2 bridgehead atoms. The molecule has 5 heterocycles. The maximum atomic E-state index is 13.4. The van der Waals surface area contributed by atoms with E-state index in [1.54, 1.807) is 7.11 Å². The molecule has 0 radical (unpaired) electrons. The number of fused-ring (bicyclic) bond motifs is 2. The molecule has 1 saturated carbocycles. The van der Waals surface area contributed by atoms with Crippen molar-refractivity contribution in [2.24, 2.45) is 11.8 Å². The Balaban J connectivity index is 1.55. The van der Waals surface area contributed by atoms with Crippen LogP contribution < -0.4 is 9.64 Å². The van der Waals surface area contributed by atoms with Gasteiger partial charge in [-0.05, 0) is 30.4 Å². The Bertz CT molecular complexity index is 960. The average molecular weight is 380 g/mol. The molecule has 0 aromatic heterocycles. The van der Waals surface area contributed by atoms with Crippen molar-refractivity contribution in [1.29, 1.82) is 0 Å². The standard InChI is InChI=1S/C22H24N2O4/c1-27-13-2-3-15-16(8-13)24-18(25)9-17-19-14-10-22(26)21(15,20(19)24)5-6-23(22)11-12(14)4-7-28-17/h2-4,8,14,17,19-20,26H,5-7,9-11H2,1H3/t14-,17-,19?,20+,21+,22-/m1/s1. The number of piperidine rings is 2. The van der Waals surface area contributed by atoms with Crippen molar-refractivity contribution in [2.75, 3.05) is 31.7 Å². The van der Waals surface area contributed by atoms with E-state index in [0.717, 1.165) is 42.9 Å². The topological polar surface area (TPSA) is 62.2 Å². The highest BCUT2D eigenvalue weighted by atomic mass is 16.5. The van der Waals surface area contributed by atoms with E-state index in [2.05, 4.69) is 17.0 Å². The van der Waals surface area contributed by atoms with Crippen molar-refractivity contribution in [3.05, 3.63) is 35.4 Å². The molecule has 3 saturated heterocycles. The molecule has 1 aromatic carbocycles. The Kier molecular flexibility index (Phi) is 2.74. The first-order valence-corrected chi connectivity index (χ1v) is 10.4. The second kappa shape index (κ2) is 4.81. The van der Waals surface area contributed by atoms with Gasteiger partial charge in [0.05, 0.1) is 43.4 Å². The normalized spacial score (nSPS) is 44.9. The monoisotopic (exact) mass is 380 g/mol. The molecule has 5 aliphatic heterocycles. The molecule has 4 fully saturated rings. The van der Waals surface area contributed by atoms with Crippen LogP contribution in [0.3, 0.4) is 0 Å². The maximum Gasteiger partial charge on any atom is 0.229 e. The van der Waals surface area contributed by atoms with Gasteiger partial charge in [0.1, 0.15) is 11.5 Å². The van der Waals surface area contributed by atoms with Crippen LogP contribution in [0, 0.1) is 11.8 Å². The summed E-state index contributed by atoms with van der Waals surface area (Å²) >= 11 is 0. The van der Waals surface area contributed by atoms with E-state index in [9.17, 15) is 9.90 Å². The number of nitrogens with zero attached hydrogens (tertiary/aromatic N) is 2. The van der Waals surface area contributed by atoms with Gasteiger partial charge in [-0.25, -0.2) is 0 Å². The van der Waals surface area contributed by atoms with Crippen molar-refractivity contribution < 1.29 is 19.4 Å². The van der Waals surface area contributed by atoms with Crippen LogP contribution in [0.2, 0.25) is 0 Å². The van der Waals surface area contributed by atoms with Gasteiger partial charge >= 0.3 is 0 Å². The summed E-state index contributed by atoms with van der Waals surface area (Å²) in [5.74, 6) is 1.40. The Hall–Kier alpha value is -1.89. The van der Waals surface area contributed by atoms with Crippen LogP contribution in [0.5, 0.6) is 5.75 Å². The highest BCUT2D eigenvalue weighted by Gasteiger charge is 2.76. The van der Waals surface area contributed by atoms with Crippen LogP contribution >= 0.6 is 0 Å². The molecular weight excluding hydrogens is 356 g/mol. The molecular formula is C22H24N2O4. The lowest BCUT2D eigenvalue weighted by Gasteiger charge is -2.62. The fourth-order valence-electron chi connectivity index (χ4n) is 7.68. The number of ether oxygens (including phenoxy) is 2. The van der Waals surface area contributed by atoms with Crippen LogP contribution in [0.15, 0.2) is 29.8 Å².